The summed E-state index contributed by atoms with van der Waals surface area (Å²) in [6, 6.07) is 0. The maximum Gasteiger partial charge on any atom is 0.303 e. The van der Waals surface area contributed by atoms with Crippen molar-refractivity contribution in [2.45, 2.75) is 39.0 Å². The van der Waals surface area contributed by atoms with E-state index in [-0.39, 0.29) is 18.2 Å². The summed E-state index contributed by atoms with van der Waals surface area (Å²) in [4.78, 5) is 25.5. The van der Waals surface area contributed by atoms with Crippen molar-refractivity contribution >= 4 is 23.4 Å². The fourth-order valence-electron chi connectivity index (χ4n) is 2.45. The van der Waals surface area contributed by atoms with Gasteiger partial charge in [0.25, 0.3) is 5.91 Å². The molecule has 1 aromatic heterocycles. The quantitative estimate of drug-likeness (QED) is 0.898. The molecule has 1 fully saturated rings. The molecule has 1 unspecified atom stereocenters. The molecule has 1 aromatic rings. The molecule has 0 aliphatic carbocycles. The van der Waals surface area contributed by atoms with Gasteiger partial charge in [0.05, 0.1) is 5.69 Å². The third kappa shape index (κ3) is 3.33. The Bertz CT molecular complexity index is 501. The van der Waals surface area contributed by atoms with Crippen LogP contribution in [0, 0.1) is 5.92 Å². The molecule has 2 rings (SSSR count). The summed E-state index contributed by atoms with van der Waals surface area (Å²) in [5.74, 6) is -0.318. The van der Waals surface area contributed by atoms with E-state index in [1.165, 1.54) is 0 Å². The van der Waals surface area contributed by atoms with Gasteiger partial charge in [-0.3, -0.25) is 9.59 Å². The average molecular weight is 297 g/mol. The van der Waals surface area contributed by atoms with Crippen molar-refractivity contribution in [3.05, 3.63) is 10.6 Å². The second-order valence-electron chi connectivity index (χ2n) is 5.48. The first-order chi connectivity index (χ1) is 9.49. The summed E-state index contributed by atoms with van der Waals surface area (Å²) in [6.07, 6.45) is 1.69. The van der Waals surface area contributed by atoms with Gasteiger partial charge in [0.2, 0.25) is 0 Å². The van der Waals surface area contributed by atoms with Gasteiger partial charge >= 0.3 is 5.97 Å². The Balaban J connectivity index is 1.97. The number of aromatic nitrogens is 2. The number of carbonyl (C=O) groups is 2. The van der Waals surface area contributed by atoms with Crippen LogP contribution in [-0.2, 0) is 4.79 Å². The third-order valence-corrected chi connectivity index (χ3v) is 4.32. The molecule has 1 N–H and O–H groups in total. The van der Waals surface area contributed by atoms with Crippen molar-refractivity contribution in [2.24, 2.45) is 5.92 Å². The molecule has 0 spiro atoms. The topological polar surface area (TPSA) is 83.4 Å². The summed E-state index contributed by atoms with van der Waals surface area (Å²) in [7, 11) is 0. The molecule has 110 valence electrons. The number of carbonyl (C=O) groups excluding carboxylic acids is 1. The largest absolute Gasteiger partial charge is 0.481 e. The molecule has 0 saturated carbocycles. The number of hydrogen-bond donors (Lipinski definition) is 1. The van der Waals surface area contributed by atoms with Crippen LogP contribution in [0.25, 0.3) is 0 Å². The second-order valence-corrected chi connectivity index (χ2v) is 6.23. The average Bonchev–Trinajstić information content (AvgIpc) is 3.04. The molecule has 1 aliphatic rings. The highest BCUT2D eigenvalue weighted by Crippen LogP contribution is 2.26. The monoisotopic (exact) mass is 297 g/mol. The van der Waals surface area contributed by atoms with Crippen molar-refractivity contribution in [3.63, 3.8) is 0 Å². The van der Waals surface area contributed by atoms with Crippen molar-refractivity contribution in [2.75, 3.05) is 13.1 Å². The van der Waals surface area contributed by atoms with Gasteiger partial charge in [-0.05, 0) is 36.2 Å². The van der Waals surface area contributed by atoms with Gasteiger partial charge < -0.3 is 10.0 Å². The summed E-state index contributed by atoms with van der Waals surface area (Å²) in [6.45, 7) is 5.32. The van der Waals surface area contributed by atoms with Gasteiger partial charge in [-0.1, -0.05) is 18.3 Å². The number of amides is 1. The van der Waals surface area contributed by atoms with E-state index in [4.69, 9.17) is 5.11 Å². The highest BCUT2D eigenvalue weighted by atomic mass is 32.1. The van der Waals surface area contributed by atoms with Crippen molar-refractivity contribution in [1.29, 1.82) is 0 Å². The van der Waals surface area contributed by atoms with E-state index in [0.29, 0.717) is 30.3 Å². The van der Waals surface area contributed by atoms with E-state index < -0.39 is 5.97 Å². The van der Waals surface area contributed by atoms with E-state index in [1.807, 2.05) is 13.8 Å². The van der Waals surface area contributed by atoms with Crippen LogP contribution < -0.4 is 0 Å². The molecule has 20 heavy (non-hydrogen) atoms. The minimum atomic E-state index is -0.775. The molecule has 0 aromatic carbocycles. The molecule has 1 atom stereocenters. The molecule has 0 bridgehead atoms. The smallest absolute Gasteiger partial charge is 0.303 e. The van der Waals surface area contributed by atoms with Crippen LogP contribution in [0.5, 0.6) is 0 Å². The fourth-order valence-corrected chi connectivity index (χ4v) is 3.24. The maximum atomic E-state index is 12.5. The Labute approximate surface area is 122 Å². The first kappa shape index (κ1) is 14.9. The minimum Gasteiger partial charge on any atom is -0.481 e. The van der Waals surface area contributed by atoms with Crippen LogP contribution >= 0.6 is 11.5 Å². The standard InChI is InChI=1S/C13H19N3O3S/c1-8(2)11-12(20-15-14-11)13(19)16-6-5-9(7-16)3-4-10(17)18/h8-9H,3-7H2,1-2H3,(H,17,18). The van der Waals surface area contributed by atoms with Crippen LogP contribution in [0.1, 0.15) is 54.4 Å². The third-order valence-electron chi connectivity index (χ3n) is 3.59. The second kappa shape index (κ2) is 6.30. The molecule has 1 aliphatic heterocycles. The molecular weight excluding hydrogens is 278 g/mol. The molecule has 2 heterocycles. The van der Waals surface area contributed by atoms with Crippen molar-refractivity contribution < 1.29 is 14.7 Å². The van der Waals surface area contributed by atoms with Crippen LogP contribution in [0.3, 0.4) is 0 Å². The zero-order valence-corrected chi connectivity index (χ0v) is 12.5. The molecule has 1 amide bonds. The summed E-state index contributed by atoms with van der Waals surface area (Å²) in [5.41, 5.74) is 0.758. The molecule has 0 radical (unpaired) electrons. The van der Waals surface area contributed by atoms with E-state index >= 15 is 0 Å². The predicted octanol–water partition coefficient (Wildman–Crippen LogP) is 1.99. The number of rotatable bonds is 5. The number of aliphatic carboxylic acids is 1. The Kier molecular flexibility index (Phi) is 4.69. The summed E-state index contributed by atoms with van der Waals surface area (Å²) < 4.78 is 3.88. The lowest BCUT2D eigenvalue weighted by atomic mass is 10.0. The Morgan fingerprint density at radius 3 is 2.90 bits per heavy atom. The number of hydrogen-bond acceptors (Lipinski definition) is 5. The SMILES string of the molecule is CC(C)c1nnsc1C(=O)N1CCC(CCC(=O)O)C1. The lowest BCUT2D eigenvalue weighted by Gasteiger charge is -2.16. The van der Waals surface area contributed by atoms with Gasteiger partial charge in [-0.2, -0.15) is 0 Å². The maximum absolute atomic E-state index is 12.5. The van der Waals surface area contributed by atoms with Crippen LogP contribution in [0.15, 0.2) is 0 Å². The zero-order valence-electron chi connectivity index (χ0n) is 11.7. The Morgan fingerprint density at radius 2 is 2.25 bits per heavy atom. The Hall–Kier alpha value is -1.50. The highest BCUT2D eigenvalue weighted by molar-refractivity contribution is 7.08. The van der Waals surface area contributed by atoms with Gasteiger partial charge in [0, 0.05) is 19.5 Å². The first-order valence-electron chi connectivity index (χ1n) is 6.82. The van der Waals surface area contributed by atoms with Gasteiger partial charge in [0.1, 0.15) is 4.88 Å². The van der Waals surface area contributed by atoms with Crippen LogP contribution in [-0.4, -0.2) is 44.6 Å². The lowest BCUT2D eigenvalue weighted by molar-refractivity contribution is -0.137. The van der Waals surface area contributed by atoms with E-state index in [2.05, 4.69) is 9.59 Å². The van der Waals surface area contributed by atoms with Gasteiger partial charge in [0.15, 0.2) is 0 Å². The molecular formula is C13H19N3O3S. The molecule has 7 heteroatoms. The van der Waals surface area contributed by atoms with Crippen molar-refractivity contribution in [1.82, 2.24) is 14.5 Å². The van der Waals surface area contributed by atoms with E-state index in [9.17, 15) is 9.59 Å². The predicted molar refractivity (Wildman–Crippen MR) is 74.9 cm³/mol. The molecule has 1 saturated heterocycles. The summed E-state index contributed by atoms with van der Waals surface area (Å²) in [5, 5.41) is 12.7. The normalized spacial score (nSPS) is 18.8. The van der Waals surface area contributed by atoms with E-state index in [0.717, 1.165) is 23.6 Å². The minimum absolute atomic E-state index is 0.0125. The van der Waals surface area contributed by atoms with Crippen LogP contribution in [0.2, 0.25) is 0 Å². The first-order valence-corrected chi connectivity index (χ1v) is 7.59. The number of likely N-dealkylation sites (tertiary alicyclic amines) is 1. The lowest BCUT2D eigenvalue weighted by Crippen LogP contribution is -2.29. The Morgan fingerprint density at radius 1 is 1.50 bits per heavy atom. The number of carboxylic acid groups (broad SMARTS) is 1. The fraction of sp³-hybridized carbons (Fsp3) is 0.692. The summed E-state index contributed by atoms with van der Waals surface area (Å²) >= 11 is 1.15. The van der Waals surface area contributed by atoms with Crippen molar-refractivity contribution in [3.8, 4) is 0 Å². The zero-order chi connectivity index (χ0) is 14.7. The van der Waals surface area contributed by atoms with E-state index in [1.54, 1.807) is 4.90 Å². The van der Waals surface area contributed by atoms with Gasteiger partial charge in [-0.25, -0.2) is 0 Å². The van der Waals surface area contributed by atoms with Crippen LogP contribution in [0.4, 0.5) is 0 Å². The number of nitrogens with zero attached hydrogens (tertiary/aromatic N) is 3. The molecule has 6 nitrogen and oxygen atoms in total. The number of carboxylic acids is 1. The van der Waals surface area contributed by atoms with Gasteiger partial charge in [-0.15, -0.1) is 5.10 Å². The highest BCUT2D eigenvalue weighted by Gasteiger charge is 2.30.